The SMILES string of the molecule is Cn1c(NC2CCNCC2)nc2c(-c3ccc(F)cc3)cccc21. The van der Waals surface area contributed by atoms with Crippen molar-refractivity contribution in [3.05, 3.63) is 48.3 Å². The van der Waals surface area contributed by atoms with E-state index in [1.54, 1.807) is 12.1 Å². The van der Waals surface area contributed by atoms with Crippen molar-refractivity contribution >= 4 is 17.0 Å². The Morgan fingerprint density at radius 3 is 2.62 bits per heavy atom. The Hall–Kier alpha value is -2.40. The van der Waals surface area contributed by atoms with E-state index in [1.807, 2.05) is 19.2 Å². The zero-order valence-electron chi connectivity index (χ0n) is 13.7. The zero-order chi connectivity index (χ0) is 16.5. The van der Waals surface area contributed by atoms with Crippen LogP contribution in [-0.4, -0.2) is 28.7 Å². The molecule has 4 rings (SSSR count). The minimum absolute atomic E-state index is 0.222. The highest BCUT2D eigenvalue weighted by Gasteiger charge is 2.17. The Labute approximate surface area is 140 Å². The molecule has 24 heavy (non-hydrogen) atoms. The van der Waals surface area contributed by atoms with Gasteiger partial charge in [0.1, 0.15) is 5.82 Å². The van der Waals surface area contributed by atoms with Gasteiger partial charge in [-0.25, -0.2) is 9.37 Å². The van der Waals surface area contributed by atoms with E-state index >= 15 is 0 Å². The molecular formula is C19H21FN4. The lowest BCUT2D eigenvalue weighted by atomic mass is 10.0. The molecule has 0 spiro atoms. The Morgan fingerprint density at radius 1 is 1.12 bits per heavy atom. The normalized spacial score (nSPS) is 15.8. The van der Waals surface area contributed by atoms with Crippen molar-refractivity contribution in [2.75, 3.05) is 18.4 Å². The number of rotatable bonds is 3. The maximum absolute atomic E-state index is 13.2. The van der Waals surface area contributed by atoms with E-state index in [-0.39, 0.29) is 5.82 Å². The standard InChI is InChI=1S/C19H21FN4/c1-24-17-4-2-3-16(13-5-7-14(20)8-6-13)18(17)23-19(24)22-15-9-11-21-12-10-15/h2-8,15,21H,9-12H2,1H3,(H,22,23). The van der Waals surface area contributed by atoms with Crippen LogP contribution < -0.4 is 10.6 Å². The van der Waals surface area contributed by atoms with Gasteiger partial charge in [-0.05, 0) is 49.7 Å². The molecule has 124 valence electrons. The number of anilines is 1. The van der Waals surface area contributed by atoms with Gasteiger partial charge in [-0.15, -0.1) is 0 Å². The Kier molecular flexibility index (Phi) is 3.94. The van der Waals surface area contributed by atoms with Crippen LogP contribution in [0.2, 0.25) is 0 Å². The van der Waals surface area contributed by atoms with Crippen LogP contribution in [0, 0.1) is 5.82 Å². The summed E-state index contributed by atoms with van der Waals surface area (Å²) in [5.41, 5.74) is 4.03. The van der Waals surface area contributed by atoms with Crippen LogP contribution in [-0.2, 0) is 7.05 Å². The molecule has 5 heteroatoms. The smallest absolute Gasteiger partial charge is 0.203 e. The first kappa shape index (κ1) is 15.1. The molecule has 1 saturated heterocycles. The molecule has 0 aliphatic carbocycles. The first-order chi connectivity index (χ1) is 11.7. The summed E-state index contributed by atoms with van der Waals surface area (Å²) in [6.07, 6.45) is 2.21. The topological polar surface area (TPSA) is 41.9 Å². The summed E-state index contributed by atoms with van der Waals surface area (Å²) >= 11 is 0. The lowest BCUT2D eigenvalue weighted by molar-refractivity contribution is 0.476. The van der Waals surface area contributed by atoms with Gasteiger partial charge in [0.2, 0.25) is 5.95 Å². The number of hydrogen-bond acceptors (Lipinski definition) is 3. The lowest BCUT2D eigenvalue weighted by Crippen LogP contribution is -2.35. The molecule has 1 aromatic heterocycles. The molecule has 0 amide bonds. The average molecular weight is 324 g/mol. The van der Waals surface area contributed by atoms with Crippen molar-refractivity contribution in [1.29, 1.82) is 0 Å². The van der Waals surface area contributed by atoms with E-state index in [2.05, 4.69) is 21.3 Å². The largest absolute Gasteiger partial charge is 0.353 e. The fraction of sp³-hybridized carbons (Fsp3) is 0.316. The van der Waals surface area contributed by atoms with E-state index in [4.69, 9.17) is 4.98 Å². The van der Waals surface area contributed by atoms with Crippen molar-refractivity contribution in [1.82, 2.24) is 14.9 Å². The summed E-state index contributed by atoms with van der Waals surface area (Å²) in [5.74, 6) is 0.673. The van der Waals surface area contributed by atoms with E-state index in [9.17, 15) is 4.39 Å². The van der Waals surface area contributed by atoms with Gasteiger partial charge in [0.25, 0.3) is 0 Å². The minimum atomic E-state index is -0.222. The minimum Gasteiger partial charge on any atom is -0.353 e. The third-order valence-electron chi connectivity index (χ3n) is 4.74. The number of para-hydroxylation sites is 1. The molecule has 4 nitrogen and oxygen atoms in total. The van der Waals surface area contributed by atoms with Crippen molar-refractivity contribution in [3.63, 3.8) is 0 Å². The van der Waals surface area contributed by atoms with Crippen LogP contribution in [0.1, 0.15) is 12.8 Å². The zero-order valence-corrected chi connectivity index (χ0v) is 13.7. The number of aryl methyl sites for hydroxylation is 1. The van der Waals surface area contributed by atoms with Crippen LogP contribution in [0.4, 0.5) is 10.3 Å². The Bertz CT molecular complexity index is 848. The highest BCUT2D eigenvalue weighted by atomic mass is 19.1. The van der Waals surface area contributed by atoms with Gasteiger partial charge in [-0.3, -0.25) is 0 Å². The monoisotopic (exact) mass is 324 g/mol. The summed E-state index contributed by atoms with van der Waals surface area (Å²) in [7, 11) is 2.03. The van der Waals surface area contributed by atoms with Crippen LogP contribution in [0.5, 0.6) is 0 Å². The van der Waals surface area contributed by atoms with Gasteiger partial charge >= 0.3 is 0 Å². The van der Waals surface area contributed by atoms with Gasteiger partial charge in [0, 0.05) is 18.7 Å². The van der Waals surface area contributed by atoms with E-state index in [0.29, 0.717) is 6.04 Å². The fourth-order valence-electron chi connectivity index (χ4n) is 3.35. The number of fused-ring (bicyclic) bond motifs is 1. The summed E-state index contributed by atoms with van der Waals surface area (Å²) in [5, 5.41) is 6.96. The molecule has 0 saturated carbocycles. The molecule has 2 N–H and O–H groups in total. The third-order valence-corrected chi connectivity index (χ3v) is 4.74. The number of piperidine rings is 1. The summed E-state index contributed by atoms with van der Waals surface area (Å²) < 4.78 is 15.3. The second-order valence-corrected chi connectivity index (χ2v) is 6.34. The molecule has 2 aromatic carbocycles. The molecule has 2 heterocycles. The second-order valence-electron chi connectivity index (χ2n) is 6.34. The number of hydrogen-bond donors (Lipinski definition) is 2. The predicted octanol–water partition coefficient (Wildman–Crippen LogP) is 3.54. The molecule has 1 aliphatic heterocycles. The van der Waals surface area contributed by atoms with Crippen molar-refractivity contribution in [2.24, 2.45) is 7.05 Å². The van der Waals surface area contributed by atoms with E-state index in [0.717, 1.165) is 54.0 Å². The number of nitrogens with one attached hydrogen (secondary N) is 2. The van der Waals surface area contributed by atoms with Gasteiger partial charge in [-0.1, -0.05) is 24.3 Å². The molecule has 0 radical (unpaired) electrons. The molecule has 0 unspecified atom stereocenters. The predicted molar refractivity (Wildman–Crippen MR) is 95.6 cm³/mol. The quantitative estimate of drug-likeness (QED) is 0.774. The van der Waals surface area contributed by atoms with E-state index < -0.39 is 0 Å². The van der Waals surface area contributed by atoms with Gasteiger partial charge < -0.3 is 15.2 Å². The highest BCUT2D eigenvalue weighted by molar-refractivity contribution is 5.93. The van der Waals surface area contributed by atoms with Crippen molar-refractivity contribution < 1.29 is 4.39 Å². The fourth-order valence-corrected chi connectivity index (χ4v) is 3.35. The van der Waals surface area contributed by atoms with Crippen LogP contribution in [0.25, 0.3) is 22.2 Å². The third kappa shape index (κ3) is 2.76. The van der Waals surface area contributed by atoms with Crippen LogP contribution >= 0.6 is 0 Å². The van der Waals surface area contributed by atoms with Gasteiger partial charge in [0.15, 0.2) is 0 Å². The maximum Gasteiger partial charge on any atom is 0.203 e. The average Bonchev–Trinajstić information content (AvgIpc) is 2.93. The molecule has 1 fully saturated rings. The van der Waals surface area contributed by atoms with Crippen LogP contribution in [0.15, 0.2) is 42.5 Å². The Morgan fingerprint density at radius 2 is 1.88 bits per heavy atom. The number of benzene rings is 2. The first-order valence-corrected chi connectivity index (χ1v) is 8.41. The molecular weight excluding hydrogens is 303 g/mol. The number of halogens is 1. The maximum atomic E-state index is 13.2. The molecule has 3 aromatic rings. The van der Waals surface area contributed by atoms with Crippen molar-refractivity contribution in [3.8, 4) is 11.1 Å². The van der Waals surface area contributed by atoms with Crippen LogP contribution in [0.3, 0.4) is 0 Å². The van der Waals surface area contributed by atoms with Crippen molar-refractivity contribution in [2.45, 2.75) is 18.9 Å². The number of imidazole rings is 1. The summed E-state index contributed by atoms with van der Waals surface area (Å²) in [6, 6.07) is 13.2. The van der Waals surface area contributed by atoms with E-state index in [1.165, 1.54) is 12.1 Å². The lowest BCUT2D eigenvalue weighted by Gasteiger charge is -2.24. The molecule has 1 aliphatic rings. The molecule has 0 atom stereocenters. The van der Waals surface area contributed by atoms with Gasteiger partial charge in [-0.2, -0.15) is 0 Å². The summed E-state index contributed by atoms with van der Waals surface area (Å²) in [6.45, 7) is 2.09. The Balaban J connectivity index is 1.74. The second kappa shape index (κ2) is 6.24. The van der Waals surface area contributed by atoms with Gasteiger partial charge in [0.05, 0.1) is 11.0 Å². The number of nitrogens with zero attached hydrogens (tertiary/aromatic N) is 2. The molecule has 0 bridgehead atoms. The summed E-state index contributed by atoms with van der Waals surface area (Å²) in [4.78, 5) is 4.84. The highest BCUT2D eigenvalue weighted by Crippen LogP contribution is 2.30. The number of aromatic nitrogens is 2. The first-order valence-electron chi connectivity index (χ1n) is 8.41.